The lowest BCUT2D eigenvalue weighted by molar-refractivity contribution is -0.842. The molecule has 0 aromatic rings. The summed E-state index contributed by atoms with van der Waals surface area (Å²) < 4.78 is 23.0. The van der Waals surface area contributed by atoms with Crippen molar-refractivity contribution in [3.05, 3.63) is 59.1 Å². The summed E-state index contributed by atoms with van der Waals surface area (Å²) >= 11 is 0. The van der Waals surface area contributed by atoms with E-state index in [0.29, 0.717) is 10.5 Å². The van der Waals surface area contributed by atoms with E-state index in [1.165, 1.54) is 6.08 Å². The van der Waals surface area contributed by atoms with Gasteiger partial charge in [-0.25, -0.2) is 9.59 Å². The van der Waals surface area contributed by atoms with E-state index in [2.05, 4.69) is 0 Å². The molecule has 1 aliphatic carbocycles. The SMILES string of the molecule is O=C(O)C1=CC(/C=C/[C@@H]2C(C(=O)OCC[C@H](O)CO)=CO[C@@H](O[C@@H]3O[C@H](CO)[C@@H](O)[C@H](O)[C@H]3O)[C@@H]2C=C2CCCCC2)=C[NH+](CCO)C1. The van der Waals surface area contributed by atoms with Crippen LogP contribution < -0.4 is 4.90 Å². The molecule has 9 N–H and O–H groups in total. The van der Waals surface area contributed by atoms with E-state index in [0.717, 1.165) is 43.9 Å². The number of quaternary nitrogens is 1. The van der Waals surface area contributed by atoms with Gasteiger partial charge in [-0.15, -0.1) is 0 Å². The van der Waals surface area contributed by atoms with Crippen LogP contribution in [-0.2, 0) is 28.5 Å². The number of carboxylic acid groups (broad SMARTS) is 1. The summed E-state index contributed by atoms with van der Waals surface area (Å²) in [5, 5.41) is 79.1. The fraction of sp³-hybridized carbons (Fsp3) is 0.636. The Hall–Kier alpha value is -2.96. The number of hydrogen-bond acceptors (Lipinski definition) is 13. The van der Waals surface area contributed by atoms with Gasteiger partial charge in [0.05, 0.1) is 55.9 Å². The first-order chi connectivity index (χ1) is 23.1. The Morgan fingerprint density at radius 1 is 1.04 bits per heavy atom. The average Bonchev–Trinajstić information content (AvgIpc) is 3.08. The molecule has 3 heterocycles. The van der Waals surface area contributed by atoms with Gasteiger partial charge >= 0.3 is 11.9 Å². The minimum Gasteiger partial charge on any atom is -0.478 e. The van der Waals surface area contributed by atoms with Crippen molar-refractivity contribution in [2.24, 2.45) is 11.8 Å². The standard InChI is InChI=1S/C33H47NO14/c35-10-9-34-14-20(12-21(15-34)30(42)43)6-7-23-24(13-19-4-2-1-3-5-19)32(46-18-25(23)31(44)45-11-8-22(38)16-36)48-33-29(41)28(40)27(39)26(17-37)47-33/h6-7,12-14,18,22-24,26-29,32-33,35-41H,1-5,8-11,15-17H2,(H,42,43)/p+1/b7-6+/t22-,23-,24+,26+,27+,28-,29+,32-,33-/m0/s1. The Labute approximate surface area is 278 Å². The third-order valence-corrected chi connectivity index (χ3v) is 8.92. The molecular weight excluding hydrogens is 634 g/mol. The molecule has 1 unspecified atom stereocenters. The molecule has 15 heteroatoms. The van der Waals surface area contributed by atoms with Crippen LogP contribution in [-0.4, -0.2) is 135 Å². The summed E-state index contributed by atoms with van der Waals surface area (Å²) in [5.41, 5.74) is 1.81. The van der Waals surface area contributed by atoms with Crippen molar-refractivity contribution >= 4 is 11.9 Å². The molecular formula is C33H48NO14+. The van der Waals surface area contributed by atoms with Crippen molar-refractivity contribution in [3.63, 3.8) is 0 Å². The molecule has 0 radical (unpaired) electrons. The van der Waals surface area contributed by atoms with Gasteiger partial charge in [-0.1, -0.05) is 30.2 Å². The normalized spacial score (nSPS) is 33.3. The van der Waals surface area contributed by atoms with E-state index in [9.17, 15) is 45.3 Å². The van der Waals surface area contributed by atoms with Gasteiger partial charge in [0.15, 0.2) is 6.29 Å². The number of aliphatic carboxylic acids is 1. The zero-order chi connectivity index (χ0) is 34.8. The monoisotopic (exact) mass is 682 g/mol. The van der Waals surface area contributed by atoms with E-state index < -0.39 is 80.1 Å². The minimum absolute atomic E-state index is 0.00762. The molecule has 0 amide bonds. The molecule has 3 aliphatic heterocycles. The summed E-state index contributed by atoms with van der Waals surface area (Å²) in [6, 6.07) is 0. The van der Waals surface area contributed by atoms with Crippen LogP contribution in [0.2, 0.25) is 0 Å². The Bertz CT molecular complexity index is 1250. The maximum Gasteiger partial charge on any atom is 0.337 e. The molecule has 48 heavy (non-hydrogen) atoms. The van der Waals surface area contributed by atoms with Gasteiger partial charge < -0.3 is 64.7 Å². The van der Waals surface area contributed by atoms with E-state index in [1.54, 1.807) is 18.4 Å². The highest BCUT2D eigenvalue weighted by molar-refractivity contribution is 5.89. The highest BCUT2D eigenvalue weighted by Gasteiger charge is 2.47. The first-order valence-corrected chi connectivity index (χ1v) is 16.3. The lowest BCUT2D eigenvalue weighted by atomic mass is 9.80. The molecule has 4 rings (SSSR count). The van der Waals surface area contributed by atoms with Crippen LogP contribution in [0.3, 0.4) is 0 Å². The molecule has 1 saturated carbocycles. The number of hydrogen-bond donors (Lipinski definition) is 9. The number of ether oxygens (including phenoxy) is 4. The summed E-state index contributed by atoms with van der Waals surface area (Å²) in [7, 11) is 0. The second-order valence-corrected chi connectivity index (χ2v) is 12.4. The Morgan fingerprint density at radius 3 is 2.46 bits per heavy atom. The topological polar surface area (TPSA) is 237 Å². The molecule has 0 spiro atoms. The number of nitrogens with one attached hydrogen (secondary N) is 1. The maximum atomic E-state index is 13.5. The van der Waals surface area contributed by atoms with Crippen LogP contribution in [0.5, 0.6) is 0 Å². The van der Waals surface area contributed by atoms with Gasteiger partial charge in [0.25, 0.3) is 0 Å². The van der Waals surface area contributed by atoms with Gasteiger partial charge in [0, 0.05) is 17.9 Å². The number of aliphatic hydroxyl groups is 7. The van der Waals surface area contributed by atoms with Crippen molar-refractivity contribution < 1.29 is 74.3 Å². The molecule has 15 nitrogen and oxygen atoms in total. The molecule has 0 bridgehead atoms. The average molecular weight is 683 g/mol. The lowest BCUT2D eigenvalue weighted by Gasteiger charge is -2.43. The van der Waals surface area contributed by atoms with E-state index in [4.69, 9.17) is 24.1 Å². The van der Waals surface area contributed by atoms with Crippen molar-refractivity contribution in [3.8, 4) is 0 Å². The van der Waals surface area contributed by atoms with Crippen LogP contribution in [0.15, 0.2) is 59.1 Å². The van der Waals surface area contributed by atoms with Crippen molar-refractivity contribution in [1.82, 2.24) is 0 Å². The summed E-state index contributed by atoms with van der Waals surface area (Å²) in [6.07, 6.45) is 4.23. The van der Waals surface area contributed by atoms with E-state index in [-0.39, 0.29) is 43.9 Å². The Kier molecular flexibility index (Phi) is 14.3. The maximum absolute atomic E-state index is 13.5. The van der Waals surface area contributed by atoms with Crippen LogP contribution in [0.25, 0.3) is 0 Å². The number of carbonyl (C=O) groups is 2. The van der Waals surface area contributed by atoms with Gasteiger partial charge in [-0.05, 0) is 31.8 Å². The van der Waals surface area contributed by atoms with Crippen LogP contribution in [0, 0.1) is 11.8 Å². The molecule has 10 atom stereocenters. The zero-order valence-electron chi connectivity index (χ0n) is 26.7. The molecule has 268 valence electrons. The summed E-state index contributed by atoms with van der Waals surface area (Å²) in [5.74, 6) is -3.41. The van der Waals surface area contributed by atoms with Crippen LogP contribution in [0.1, 0.15) is 38.5 Å². The van der Waals surface area contributed by atoms with E-state index in [1.807, 2.05) is 6.08 Å². The molecule has 0 aromatic carbocycles. The molecule has 0 aromatic heterocycles. The highest BCUT2D eigenvalue weighted by atomic mass is 16.8. The van der Waals surface area contributed by atoms with E-state index >= 15 is 0 Å². The summed E-state index contributed by atoms with van der Waals surface area (Å²) in [4.78, 5) is 26.0. The third kappa shape index (κ3) is 9.81. The van der Waals surface area contributed by atoms with Gasteiger partial charge in [0.1, 0.15) is 43.7 Å². The molecule has 1 saturated heterocycles. The predicted octanol–water partition coefficient (Wildman–Crippen LogP) is -2.21. The summed E-state index contributed by atoms with van der Waals surface area (Å²) in [6.45, 7) is -1.07. The second kappa shape index (κ2) is 18.2. The number of aliphatic hydroxyl groups excluding tert-OH is 7. The molecule has 4 aliphatic rings. The number of allylic oxidation sites excluding steroid dienone is 5. The third-order valence-electron chi connectivity index (χ3n) is 8.92. The highest BCUT2D eigenvalue weighted by Crippen LogP contribution is 2.39. The van der Waals surface area contributed by atoms with Crippen LogP contribution in [0.4, 0.5) is 0 Å². The Balaban J connectivity index is 1.72. The lowest BCUT2D eigenvalue weighted by Crippen LogP contribution is -3.09. The molecule has 2 fully saturated rings. The number of esters is 1. The quantitative estimate of drug-likeness (QED) is 0.0698. The fourth-order valence-electron chi connectivity index (χ4n) is 6.20. The largest absolute Gasteiger partial charge is 0.478 e. The van der Waals surface area contributed by atoms with Crippen LogP contribution >= 0.6 is 0 Å². The zero-order valence-corrected chi connectivity index (χ0v) is 26.7. The van der Waals surface area contributed by atoms with Crippen molar-refractivity contribution in [2.75, 3.05) is 39.5 Å². The van der Waals surface area contributed by atoms with Crippen molar-refractivity contribution in [1.29, 1.82) is 0 Å². The number of rotatable bonds is 14. The van der Waals surface area contributed by atoms with Gasteiger partial charge in [-0.2, -0.15) is 0 Å². The number of carboxylic acids is 1. The first-order valence-electron chi connectivity index (χ1n) is 16.3. The van der Waals surface area contributed by atoms with Gasteiger partial charge in [-0.3, -0.25) is 0 Å². The van der Waals surface area contributed by atoms with Gasteiger partial charge in [0.2, 0.25) is 6.29 Å². The predicted molar refractivity (Wildman–Crippen MR) is 165 cm³/mol. The minimum atomic E-state index is -1.70. The fourth-order valence-corrected chi connectivity index (χ4v) is 6.20. The first kappa shape index (κ1) is 37.9. The second-order valence-electron chi connectivity index (χ2n) is 12.4. The number of carbonyl (C=O) groups excluding carboxylic acids is 1. The smallest absolute Gasteiger partial charge is 0.337 e. The Morgan fingerprint density at radius 2 is 1.79 bits per heavy atom. The van der Waals surface area contributed by atoms with Crippen molar-refractivity contribution in [2.45, 2.75) is 81.6 Å².